The first-order valence-corrected chi connectivity index (χ1v) is 6.73. The molecule has 0 aromatic rings. The van der Waals surface area contributed by atoms with E-state index in [0.717, 1.165) is 0 Å². The predicted octanol–water partition coefficient (Wildman–Crippen LogP) is -3.73. The van der Waals surface area contributed by atoms with E-state index in [1.54, 1.807) is 0 Å². The molecule has 0 radical (unpaired) electrons. The molecule has 0 aromatic heterocycles. The van der Waals surface area contributed by atoms with E-state index in [2.05, 4.69) is 21.3 Å². The van der Waals surface area contributed by atoms with Gasteiger partial charge in [0.15, 0.2) is 0 Å². The maximum Gasteiger partial charge on any atom is 0.322 e. The van der Waals surface area contributed by atoms with Crippen molar-refractivity contribution in [1.29, 1.82) is 0 Å². The number of hydrogen-bond acceptors (Lipinski definition) is 6. The Kier molecular flexibility index (Phi) is 8.92. The highest BCUT2D eigenvalue weighted by Gasteiger charge is 2.20. The van der Waals surface area contributed by atoms with Gasteiger partial charge in [-0.15, -0.1) is 0 Å². The normalized spacial score (nSPS) is 12.5. The van der Waals surface area contributed by atoms with Crippen LogP contribution in [0.5, 0.6) is 0 Å². The maximum absolute atomic E-state index is 11.7. The number of carbonyl (C=O) groups excluding carboxylic acids is 4. The lowest BCUT2D eigenvalue weighted by Crippen LogP contribution is -2.53. The second kappa shape index (κ2) is 10.1. The summed E-state index contributed by atoms with van der Waals surface area (Å²) in [7, 11) is 0. The molecule has 0 aliphatic rings. The monoisotopic (exact) mass is 331 g/mol. The van der Waals surface area contributed by atoms with Gasteiger partial charge in [-0.3, -0.25) is 24.0 Å². The molecule has 0 saturated carbocycles. The first kappa shape index (κ1) is 20.3. The van der Waals surface area contributed by atoms with Gasteiger partial charge in [0.05, 0.1) is 13.1 Å². The first-order chi connectivity index (χ1) is 10.7. The average molecular weight is 331 g/mol. The van der Waals surface area contributed by atoms with Crippen LogP contribution < -0.4 is 27.0 Å². The number of hydrogen-bond donors (Lipinski definition) is 6. The van der Waals surface area contributed by atoms with Crippen molar-refractivity contribution in [3.8, 4) is 0 Å². The van der Waals surface area contributed by atoms with Gasteiger partial charge in [0.25, 0.3) is 0 Å². The van der Waals surface area contributed by atoms with Gasteiger partial charge in [-0.2, -0.15) is 0 Å². The Hall–Kier alpha value is -2.69. The topological polar surface area (TPSA) is 180 Å². The van der Waals surface area contributed by atoms with Crippen molar-refractivity contribution >= 4 is 29.6 Å². The van der Waals surface area contributed by atoms with Crippen molar-refractivity contribution in [2.45, 2.75) is 25.9 Å². The Labute approximate surface area is 132 Å². The van der Waals surface area contributed by atoms with Crippen molar-refractivity contribution in [3.63, 3.8) is 0 Å². The number of carbonyl (C=O) groups is 5. The highest BCUT2D eigenvalue weighted by Crippen LogP contribution is 1.87. The summed E-state index contributed by atoms with van der Waals surface area (Å²) in [4.78, 5) is 55.9. The molecule has 11 nitrogen and oxygen atoms in total. The molecule has 0 spiro atoms. The molecule has 130 valence electrons. The van der Waals surface area contributed by atoms with Crippen LogP contribution in [0.2, 0.25) is 0 Å². The number of amides is 4. The molecular formula is C12H21N5O6. The Morgan fingerprint density at radius 3 is 1.96 bits per heavy atom. The zero-order chi connectivity index (χ0) is 18.0. The summed E-state index contributed by atoms with van der Waals surface area (Å²) in [6.07, 6.45) is 0. The van der Waals surface area contributed by atoms with E-state index >= 15 is 0 Å². The second-order valence-corrected chi connectivity index (χ2v) is 4.61. The Morgan fingerprint density at radius 2 is 1.43 bits per heavy atom. The summed E-state index contributed by atoms with van der Waals surface area (Å²) in [5.74, 6) is -3.63. The molecule has 0 aromatic carbocycles. The van der Waals surface area contributed by atoms with Gasteiger partial charge in [-0.1, -0.05) is 0 Å². The lowest BCUT2D eigenvalue weighted by atomic mass is 10.2. The van der Waals surface area contributed by atoms with Crippen LogP contribution in [0.4, 0.5) is 0 Å². The number of aliphatic carboxylic acids is 1. The minimum Gasteiger partial charge on any atom is -0.480 e. The van der Waals surface area contributed by atoms with Crippen LogP contribution in [-0.4, -0.2) is 66.4 Å². The summed E-state index contributed by atoms with van der Waals surface area (Å²) in [6, 6.07) is -1.83. The molecule has 23 heavy (non-hydrogen) atoms. The largest absolute Gasteiger partial charge is 0.480 e. The number of nitrogens with two attached hydrogens (primary N) is 1. The molecule has 4 amide bonds. The van der Waals surface area contributed by atoms with Gasteiger partial charge in [-0.05, 0) is 13.8 Å². The third kappa shape index (κ3) is 9.03. The van der Waals surface area contributed by atoms with Crippen molar-refractivity contribution in [2.75, 3.05) is 19.6 Å². The van der Waals surface area contributed by atoms with E-state index in [4.69, 9.17) is 10.8 Å². The van der Waals surface area contributed by atoms with E-state index < -0.39 is 54.8 Å². The summed E-state index contributed by atoms with van der Waals surface area (Å²) in [5.41, 5.74) is 5.10. The zero-order valence-electron chi connectivity index (χ0n) is 12.8. The quantitative estimate of drug-likeness (QED) is 0.251. The molecule has 0 aliphatic heterocycles. The van der Waals surface area contributed by atoms with Crippen molar-refractivity contribution in [1.82, 2.24) is 21.3 Å². The highest BCUT2D eigenvalue weighted by molar-refractivity contribution is 5.93. The Bertz CT molecular complexity index is 481. The third-order valence-electron chi connectivity index (χ3n) is 2.57. The lowest BCUT2D eigenvalue weighted by molar-refractivity contribution is -0.138. The number of carboxylic acids is 1. The van der Waals surface area contributed by atoms with Crippen LogP contribution in [0, 0.1) is 0 Å². The fourth-order valence-corrected chi connectivity index (χ4v) is 1.33. The smallest absolute Gasteiger partial charge is 0.322 e. The second-order valence-electron chi connectivity index (χ2n) is 4.61. The van der Waals surface area contributed by atoms with Gasteiger partial charge in [-0.25, -0.2) is 0 Å². The Morgan fingerprint density at radius 1 is 0.870 bits per heavy atom. The Balaban J connectivity index is 4.19. The SMILES string of the molecule is C[C@H](NC(=O)CN)C(=O)N[C@@H](C)C(=O)NCC(=O)NCC(=O)O. The van der Waals surface area contributed by atoms with E-state index in [-0.39, 0.29) is 6.54 Å². The summed E-state index contributed by atoms with van der Waals surface area (Å²) in [6.45, 7) is 1.57. The van der Waals surface area contributed by atoms with Crippen LogP contribution in [0.1, 0.15) is 13.8 Å². The first-order valence-electron chi connectivity index (χ1n) is 6.73. The standard InChI is InChI=1S/C12H21N5O6/c1-6(17-12(23)7(2)16-8(18)3-13)11(22)15-4-9(19)14-5-10(20)21/h6-7H,3-5,13H2,1-2H3,(H,14,19)(H,15,22)(H,16,18)(H,17,23)(H,20,21)/t6-,7-/m0/s1. The lowest BCUT2D eigenvalue weighted by Gasteiger charge is -2.18. The van der Waals surface area contributed by atoms with Crippen molar-refractivity contribution in [2.24, 2.45) is 5.73 Å². The molecule has 0 aliphatic carbocycles. The van der Waals surface area contributed by atoms with Gasteiger partial charge >= 0.3 is 5.97 Å². The predicted molar refractivity (Wildman–Crippen MR) is 77.9 cm³/mol. The molecular weight excluding hydrogens is 310 g/mol. The molecule has 0 fully saturated rings. The minimum atomic E-state index is -1.21. The molecule has 2 atom stereocenters. The molecule has 0 bridgehead atoms. The minimum absolute atomic E-state index is 0.265. The molecule has 11 heteroatoms. The highest BCUT2D eigenvalue weighted by atomic mass is 16.4. The molecule has 0 heterocycles. The van der Waals surface area contributed by atoms with E-state index in [9.17, 15) is 24.0 Å². The number of nitrogens with one attached hydrogen (secondary N) is 4. The molecule has 0 unspecified atom stereocenters. The number of rotatable bonds is 9. The summed E-state index contributed by atoms with van der Waals surface area (Å²) in [5, 5.41) is 17.3. The van der Waals surface area contributed by atoms with Crippen LogP contribution in [0.3, 0.4) is 0 Å². The van der Waals surface area contributed by atoms with Gasteiger partial charge in [0.2, 0.25) is 23.6 Å². The summed E-state index contributed by atoms with van der Waals surface area (Å²) >= 11 is 0. The average Bonchev–Trinajstić information content (AvgIpc) is 2.49. The molecule has 0 saturated heterocycles. The van der Waals surface area contributed by atoms with Crippen LogP contribution in [0.15, 0.2) is 0 Å². The van der Waals surface area contributed by atoms with Gasteiger partial charge in [0, 0.05) is 0 Å². The fourth-order valence-electron chi connectivity index (χ4n) is 1.33. The van der Waals surface area contributed by atoms with Crippen LogP contribution >= 0.6 is 0 Å². The molecule has 0 rings (SSSR count). The van der Waals surface area contributed by atoms with Gasteiger partial charge < -0.3 is 32.1 Å². The van der Waals surface area contributed by atoms with E-state index in [1.165, 1.54) is 13.8 Å². The maximum atomic E-state index is 11.7. The summed E-state index contributed by atoms with van der Waals surface area (Å²) < 4.78 is 0. The van der Waals surface area contributed by atoms with Crippen molar-refractivity contribution in [3.05, 3.63) is 0 Å². The molecule has 7 N–H and O–H groups in total. The van der Waals surface area contributed by atoms with Crippen LogP contribution in [-0.2, 0) is 24.0 Å². The van der Waals surface area contributed by atoms with Crippen molar-refractivity contribution < 1.29 is 29.1 Å². The number of carboxylic acid groups (broad SMARTS) is 1. The third-order valence-corrected chi connectivity index (χ3v) is 2.57. The van der Waals surface area contributed by atoms with E-state index in [0.29, 0.717) is 0 Å². The van der Waals surface area contributed by atoms with E-state index in [1.807, 2.05) is 0 Å². The zero-order valence-corrected chi connectivity index (χ0v) is 12.8. The van der Waals surface area contributed by atoms with Gasteiger partial charge in [0.1, 0.15) is 18.6 Å². The fraction of sp³-hybridized carbons (Fsp3) is 0.583. The van der Waals surface area contributed by atoms with Crippen LogP contribution in [0.25, 0.3) is 0 Å².